The number of hydrogen-bond donors (Lipinski definition) is 2. The van der Waals surface area contributed by atoms with Gasteiger partial charge >= 0.3 is 0 Å². The summed E-state index contributed by atoms with van der Waals surface area (Å²) in [6.07, 6.45) is 7.89. The minimum absolute atomic E-state index is 0.0922. The predicted molar refractivity (Wildman–Crippen MR) is 59.0 cm³/mol. The third kappa shape index (κ3) is 2.41. The van der Waals surface area contributed by atoms with Crippen LogP contribution in [-0.4, -0.2) is 19.7 Å². The van der Waals surface area contributed by atoms with E-state index in [1.54, 1.807) is 23.1 Å². The van der Waals surface area contributed by atoms with Gasteiger partial charge in [-0.1, -0.05) is 0 Å². The van der Waals surface area contributed by atoms with Gasteiger partial charge in [-0.3, -0.25) is 10.5 Å². The Labute approximate surface area is 93.5 Å². The molecule has 2 heterocycles. The van der Waals surface area contributed by atoms with Crippen LogP contribution in [0.2, 0.25) is 0 Å². The molecule has 0 saturated heterocycles. The van der Waals surface area contributed by atoms with E-state index in [-0.39, 0.29) is 6.04 Å². The molecule has 6 heteroatoms. The first kappa shape index (κ1) is 10.7. The molecule has 0 saturated carbocycles. The van der Waals surface area contributed by atoms with Crippen LogP contribution in [0.1, 0.15) is 17.4 Å². The van der Waals surface area contributed by atoms with Crippen molar-refractivity contribution in [1.82, 2.24) is 25.2 Å². The molecule has 3 N–H and O–H groups in total. The van der Waals surface area contributed by atoms with Gasteiger partial charge in [-0.25, -0.2) is 15.4 Å². The maximum atomic E-state index is 5.50. The molecule has 6 nitrogen and oxygen atoms in total. The third-order valence-electron chi connectivity index (χ3n) is 2.30. The van der Waals surface area contributed by atoms with E-state index in [1.165, 1.54) is 0 Å². The van der Waals surface area contributed by atoms with Crippen molar-refractivity contribution in [3.63, 3.8) is 0 Å². The molecular formula is C10H14N6. The summed E-state index contributed by atoms with van der Waals surface area (Å²) >= 11 is 0. The number of aryl methyl sites for hydroxylation is 1. The van der Waals surface area contributed by atoms with Gasteiger partial charge in [-0.15, -0.1) is 0 Å². The molecule has 2 aromatic heterocycles. The number of nitrogens with zero attached hydrogens (tertiary/aromatic N) is 4. The molecule has 0 spiro atoms. The Morgan fingerprint density at radius 2 is 2.19 bits per heavy atom. The highest BCUT2D eigenvalue weighted by Gasteiger charge is 2.13. The summed E-state index contributed by atoms with van der Waals surface area (Å²) in [5, 5.41) is 4.10. The van der Waals surface area contributed by atoms with Gasteiger partial charge in [0.2, 0.25) is 0 Å². The molecule has 0 aliphatic carbocycles. The van der Waals surface area contributed by atoms with E-state index < -0.39 is 0 Å². The van der Waals surface area contributed by atoms with Gasteiger partial charge in [0.1, 0.15) is 5.82 Å². The number of hydrazine groups is 1. The van der Waals surface area contributed by atoms with Gasteiger partial charge in [-0.2, -0.15) is 5.10 Å². The van der Waals surface area contributed by atoms with E-state index in [2.05, 4.69) is 20.5 Å². The average molecular weight is 218 g/mol. The minimum Gasteiger partial charge on any atom is -0.276 e. The van der Waals surface area contributed by atoms with Gasteiger partial charge in [0.15, 0.2) is 0 Å². The van der Waals surface area contributed by atoms with Crippen molar-refractivity contribution in [3.05, 3.63) is 42.2 Å². The molecule has 84 valence electrons. The van der Waals surface area contributed by atoms with Crippen molar-refractivity contribution in [2.75, 3.05) is 0 Å². The molecule has 0 aromatic carbocycles. The van der Waals surface area contributed by atoms with E-state index in [0.717, 1.165) is 5.56 Å². The fourth-order valence-corrected chi connectivity index (χ4v) is 1.53. The highest BCUT2D eigenvalue weighted by atomic mass is 15.3. The van der Waals surface area contributed by atoms with Crippen LogP contribution in [0.15, 0.2) is 30.9 Å². The normalized spacial score (nSPS) is 12.6. The lowest BCUT2D eigenvalue weighted by molar-refractivity contribution is 0.522. The fraction of sp³-hybridized carbons (Fsp3) is 0.300. The van der Waals surface area contributed by atoms with E-state index in [9.17, 15) is 0 Å². The number of nitrogens with one attached hydrogen (secondary N) is 1. The summed E-state index contributed by atoms with van der Waals surface area (Å²) in [5.74, 6) is 6.19. The summed E-state index contributed by atoms with van der Waals surface area (Å²) in [6.45, 7) is 0. The van der Waals surface area contributed by atoms with Gasteiger partial charge in [0, 0.05) is 25.6 Å². The number of rotatable bonds is 4. The Kier molecular flexibility index (Phi) is 3.23. The zero-order valence-electron chi connectivity index (χ0n) is 9.04. The second kappa shape index (κ2) is 4.82. The van der Waals surface area contributed by atoms with Crippen LogP contribution in [0.25, 0.3) is 0 Å². The molecule has 0 amide bonds. The molecule has 2 rings (SSSR count). The fourth-order valence-electron chi connectivity index (χ4n) is 1.53. The van der Waals surface area contributed by atoms with E-state index in [0.29, 0.717) is 12.2 Å². The van der Waals surface area contributed by atoms with Crippen molar-refractivity contribution in [3.8, 4) is 0 Å². The Balaban J connectivity index is 2.12. The summed E-state index contributed by atoms with van der Waals surface area (Å²) in [5.41, 5.74) is 3.81. The molecule has 0 fully saturated rings. The monoisotopic (exact) mass is 218 g/mol. The lowest BCUT2D eigenvalue weighted by Crippen LogP contribution is -2.30. The van der Waals surface area contributed by atoms with Crippen molar-refractivity contribution < 1.29 is 0 Å². The summed E-state index contributed by atoms with van der Waals surface area (Å²) < 4.78 is 1.76. The largest absolute Gasteiger partial charge is 0.276 e. The van der Waals surface area contributed by atoms with Gasteiger partial charge in [0.25, 0.3) is 0 Å². The minimum atomic E-state index is -0.0922. The average Bonchev–Trinajstić information content (AvgIpc) is 2.73. The van der Waals surface area contributed by atoms with Crippen LogP contribution in [0.3, 0.4) is 0 Å². The molecule has 0 aliphatic heterocycles. The maximum Gasteiger partial charge on any atom is 0.146 e. The molecule has 0 bridgehead atoms. The van der Waals surface area contributed by atoms with Crippen LogP contribution in [-0.2, 0) is 13.5 Å². The Bertz CT molecular complexity index is 438. The smallest absolute Gasteiger partial charge is 0.146 e. The van der Waals surface area contributed by atoms with Crippen LogP contribution < -0.4 is 11.3 Å². The highest BCUT2D eigenvalue weighted by molar-refractivity contribution is 5.09. The SMILES string of the molecule is Cn1cc(CC(NN)c2ncccn2)cn1. The molecular weight excluding hydrogens is 204 g/mol. The predicted octanol–water partition coefficient (Wildman–Crippen LogP) is -0.0428. The number of aromatic nitrogens is 4. The van der Waals surface area contributed by atoms with Crippen molar-refractivity contribution in [2.45, 2.75) is 12.5 Å². The van der Waals surface area contributed by atoms with Crippen molar-refractivity contribution in [2.24, 2.45) is 12.9 Å². The molecule has 0 radical (unpaired) electrons. The summed E-state index contributed by atoms with van der Waals surface area (Å²) in [6, 6.07) is 1.69. The first-order chi connectivity index (χ1) is 7.79. The topological polar surface area (TPSA) is 81.7 Å². The third-order valence-corrected chi connectivity index (χ3v) is 2.30. The van der Waals surface area contributed by atoms with Gasteiger partial charge in [0.05, 0.1) is 12.2 Å². The van der Waals surface area contributed by atoms with Crippen LogP contribution in [0.4, 0.5) is 0 Å². The van der Waals surface area contributed by atoms with E-state index in [1.807, 2.05) is 19.4 Å². The first-order valence-electron chi connectivity index (χ1n) is 5.00. The standard InChI is InChI=1S/C10H14N6/c1-16-7-8(6-14-16)5-9(15-11)10-12-3-2-4-13-10/h2-4,6-7,9,15H,5,11H2,1H3. The van der Waals surface area contributed by atoms with Crippen LogP contribution in [0.5, 0.6) is 0 Å². The van der Waals surface area contributed by atoms with E-state index >= 15 is 0 Å². The lowest BCUT2D eigenvalue weighted by atomic mass is 10.1. The second-order valence-electron chi connectivity index (χ2n) is 3.55. The first-order valence-corrected chi connectivity index (χ1v) is 5.00. The Hall–Kier alpha value is -1.79. The number of hydrogen-bond acceptors (Lipinski definition) is 5. The van der Waals surface area contributed by atoms with E-state index in [4.69, 9.17) is 5.84 Å². The quantitative estimate of drug-likeness (QED) is 0.555. The van der Waals surface area contributed by atoms with Crippen LogP contribution >= 0.6 is 0 Å². The second-order valence-corrected chi connectivity index (χ2v) is 3.55. The van der Waals surface area contributed by atoms with Crippen molar-refractivity contribution in [1.29, 1.82) is 0 Å². The van der Waals surface area contributed by atoms with Crippen LogP contribution in [0, 0.1) is 0 Å². The molecule has 1 unspecified atom stereocenters. The van der Waals surface area contributed by atoms with Gasteiger partial charge in [-0.05, 0) is 18.1 Å². The zero-order valence-corrected chi connectivity index (χ0v) is 9.04. The maximum absolute atomic E-state index is 5.50. The van der Waals surface area contributed by atoms with Crippen molar-refractivity contribution >= 4 is 0 Å². The Morgan fingerprint density at radius 1 is 1.44 bits per heavy atom. The molecule has 1 atom stereocenters. The molecule has 2 aromatic rings. The summed E-state index contributed by atoms with van der Waals surface area (Å²) in [7, 11) is 1.88. The highest BCUT2D eigenvalue weighted by Crippen LogP contribution is 2.12. The zero-order chi connectivity index (χ0) is 11.4. The number of nitrogens with two attached hydrogens (primary N) is 1. The lowest BCUT2D eigenvalue weighted by Gasteiger charge is -2.12. The Morgan fingerprint density at radius 3 is 2.75 bits per heavy atom. The van der Waals surface area contributed by atoms with Gasteiger partial charge < -0.3 is 0 Å². The molecule has 0 aliphatic rings. The molecule has 16 heavy (non-hydrogen) atoms. The summed E-state index contributed by atoms with van der Waals surface area (Å²) in [4.78, 5) is 8.34.